The van der Waals surface area contributed by atoms with Crippen LogP contribution in [0.2, 0.25) is 0 Å². The third-order valence-electron chi connectivity index (χ3n) is 4.78. The number of rotatable bonds is 3. The maximum Gasteiger partial charge on any atom is 0.193 e. The van der Waals surface area contributed by atoms with Gasteiger partial charge in [0, 0.05) is 49.1 Å². The standard InChI is InChI=1S/C18H23BrFN5/c1-13-5-7-24(11-17(13)25-8-6-22-12-25)18(21-2)23-10-14-9-15(19)3-4-16(14)20/h3-4,6,8-9,12-13,17H,5,7,10-11H2,1-2H3,(H,21,23). The molecule has 1 fully saturated rings. The molecule has 0 radical (unpaired) electrons. The van der Waals surface area contributed by atoms with E-state index in [1.54, 1.807) is 19.2 Å². The topological polar surface area (TPSA) is 45.5 Å². The van der Waals surface area contributed by atoms with E-state index in [-0.39, 0.29) is 5.82 Å². The summed E-state index contributed by atoms with van der Waals surface area (Å²) in [5.41, 5.74) is 0.618. The summed E-state index contributed by atoms with van der Waals surface area (Å²) in [7, 11) is 1.77. The van der Waals surface area contributed by atoms with Crippen molar-refractivity contribution < 1.29 is 4.39 Å². The van der Waals surface area contributed by atoms with Crippen LogP contribution in [0.5, 0.6) is 0 Å². The molecule has 1 aromatic carbocycles. The van der Waals surface area contributed by atoms with E-state index in [1.807, 2.05) is 18.7 Å². The predicted octanol–water partition coefficient (Wildman–Crippen LogP) is 3.44. The Morgan fingerprint density at radius 1 is 1.48 bits per heavy atom. The number of aliphatic imine (C=N–C) groups is 1. The van der Waals surface area contributed by atoms with Gasteiger partial charge in [0.2, 0.25) is 0 Å². The third-order valence-corrected chi connectivity index (χ3v) is 5.28. The average molecular weight is 408 g/mol. The lowest BCUT2D eigenvalue weighted by molar-refractivity contribution is 0.189. The Hall–Kier alpha value is -1.89. The first-order chi connectivity index (χ1) is 12.1. The van der Waals surface area contributed by atoms with Crippen LogP contribution in [0, 0.1) is 11.7 Å². The number of imidazole rings is 1. The summed E-state index contributed by atoms with van der Waals surface area (Å²) in [6, 6.07) is 5.33. The van der Waals surface area contributed by atoms with Gasteiger partial charge in [0.1, 0.15) is 5.82 Å². The second kappa shape index (κ2) is 7.99. The summed E-state index contributed by atoms with van der Waals surface area (Å²) in [6.07, 6.45) is 6.78. The molecular weight excluding hydrogens is 385 g/mol. The number of aromatic nitrogens is 2. The Morgan fingerprint density at radius 2 is 2.32 bits per heavy atom. The highest BCUT2D eigenvalue weighted by Gasteiger charge is 2.28. The molecular formula is C18H23BrFN5. The lowest BCUT2D eigenvalue weighted by Crippen LogP contribution is -2.48. The van der Waals surface area contributed by atoms with Gasteiger partial charge in [-0.1, -0.05) is 22.9 Å². The van der Waals surface area contributed by atoms with Crippen molar-refractivity contribution in [2.75, 3.05) is 20.1 Å². The van der Waals surface area contributed by atoms with Crippen molar-refractivity contribution in [2.45, 2.75) is 25.9 Å². The number of likely N-dealkylation sites (tertiary alicyclic amines) is 1. The highest BCUT2D eigenvalue weighted by atomic mass is 79.9. The fraction of sp³-hybridized carbons (Fsp3) is 0.444. The van der Waals surface area contributed by atoms with Crippen molar-refractivity contribution in [3.63, 3.8) is 0 Å². The number of piperidine rings is 1. The second-order valence-electron chi connectivity index (χ2n) is 6.43. The van der Waals surface area contributed by atoms with Crippen molar-refractivity contribution in [3.8, 4) is 0 Å². The molecule has 0 spiro atoms. The van der Waals surface area contributed by atoms with E-state index >= 15 is 0 Å². The molecule has 0 saturated carbocycles. The molecule has 2 unspecified atom stereocenters. The molecule has 0 amide bonds. The number of nitrogens with zero attached hydrogens (tertiary/aromatic N) is 4. The average Bonchev–Trinajstić information content (AvgIpc) is 3.14. The van der Waals surface area contributed by atoms with E-state index in [4.69, 9.17) is 0 Å². The lowest BCUT2D eigenvalue weighted by Gasteiger charge is -2.39. The summed E-state index contributed by atoms with van der Waals surface area (Å²) in [5.74, 6) is 1.16. The minimum atomic E-state index is -0.213. The first-order valence-electron chi connectivity index (χ1n) is 8.45. The summed E-state index contributed by atoms with van der Waals surface area (Å²) >= 11 is 3.39. The van der Waals surface area contributed by atoms with Gasteiger partial charge in [0.25, 0.3) is 0 Å². The van der Waals surface area contributed by atoms with Gasteiger partial charge in [0.05, 0.1) is 12.4 Å². The molecule has 1 aliphatic rings. The molecule has 2 aromatic rings. The Morgan fingerprint density at radius 3 is 3.04 bits per heavy atom. The quantitative estimate of drug-likeness (QED) is 0.625. The van der Waals surface area contributed by atoms with Gasteiger partial charge in [-0.3, -0.25) is 4.99 Å². The normalized spacial score (nSPS) is 21.4. The van der Waals surface area contributed by atoms with Crippen LogP contribution in [0.4, 0.5) is 4.39 Å². The Kier molecular flexibility index (Phi) is 5.73. The van der Waals surface area contributed by atoms with E-state index < -0.39 is 0 Å². The van der Waals surface area contributed by atoms with Crippen LogP contribution in [0.1, 0.15) is 24.9 Å². The van der Waals surface area contributed by atoms with Crippen LogP contribution in [-0.2, 0) is 6.54 Å². The molecule has 0 bridgehead atoms. The minimum Gasteiger partial charge on any atom is -0.352 e. The zero-order chi connectivity index (χ0) is 17.8. The number of hydrogen-bond acceptors (Lipinski definition) is 2. The van der Waals surface area contributed by atoms with Crippen LogP contribution >= 0.6 is 15.9 Å². The van der Waals surface area contributed by atoms with Gasteiger partial charge in [-0.2, -0.15) is 0 Å². The van der Waals surface area contributed by atoms with Gasteiger partial charge < -0.3 is 14.8 Å². The molecule has 1 N–H and O–H groups in total. The van der Waals surface area contributed by atoms with Gasteiger partial charge in [-0.15, -0.1) is 0 Å². The maximum atomic E-state index is 13.9. The molecule has 2 atom stereocenters. The number of benzene rings is 1. The molecule has 5 nitrogen and oxygen atoms in total. The van der Waals surface area contributed by atoms with E-state index in [0.29, 0.717) is 24.1 Å². The SMILES string of the molecule is CN=C(NCc1cc(Br)ccc1F)N1CCC(C)C(n2ccnc2)C1. The van der Waals surface area contributed by atoms with Crippen LogP contribution in [0.25, 0.3) is 0 Å². The summed E-state index contributed by atoms with van der Waals surface area (Å²) in [5, 5.41) is 3.29. The number of nitrogens with one attached hydrogen (secondary N) is 1. The highest BCUT2D eigenvalue weighted by Crippen LogP contribution is 2.27. The summed E-state index contributed by atoms with van der Waals surface area (Å²) in [6.45, 7) is 4.47. The number of hydrogen-bond donors (Lipinski definition) is 1. The third kappa shape index (κ3) is 4.21. The Balaban J connectivity index is 1.67. The molecule has 2 heterocycles. The summed E-state index contributed by atoms with van der Waals surface area (Å²) in [4.78, 5) is 10.8. The molecule has 1 aliphatic heterocycles. The largest absolute Gasteiger partial charge is 0.352 e. The van der Waals surface area contributed by atoms with E-state index in [2.05, 4.69) is 47.6 Å². The van der Waals surface area contributed by atoms with Crippen molar-refractivity contribution in [2.24, 2.45) is 10.9 Å². The van der Waals surface area contributed by atoms with Crippen molar-refractivity contribution in [3.05, 3.63) is 52.8 Å². The molecule has 134 valence electrons. The highest BCUT2D eigenvalue weighted by molar-refractivity contribution is 9.10. The fourth-order valence-corrected chi connectivity index (χ4v) is 3.69. The van der Waals surface area contributed by atoms with Crippen molar-refractivity contribution in [1.29, 1.82) is 0 Å². The molecule has 1 aromatic heterocycles. The Bertz CT molecular complexity index is 731. The fourth-order valence-electron chi connectivity index (χ4n) is 3.28. The van der Waals surface area contributed by atoms with Crippen LogP contribution in [-0.4, -0.2) is 40.5 Å². The van der Waals surface area contributed by atoms with Crippen LogP contribution < -0.4 is 5.32 Å². The monoisotopic (exact) mass is 407 g/mol. The first-order valence-corrected chi connectivity index (χ1v) is 9.24. The van der Waals surface area contributed by atoms with Gasteiger partial charge in [-0.05, 0) is 30.5 Å². The smallest absolute Gasteiger partial charge is 0.193 e. The number of guanidine groups is 1. The molecule has 7 heteroatoms. The lowest BCUT2D eigenvalue weighted by atomic mass is 9.93. The molecule has 1 saturated heterocycles. The van der Waals surface area contributed by atoms with E-state index in [1.165, 1.54) is 6.07 Å². The minimum absolute atomic E-state index is 0.213. The van der Waals surface area contributed by atoms with Crippen molar-refractivity contribution >= 4 is 21.9 Å². The van der Waals surface area contributed by atoms with Gasteiger partial charge in [0.15, 0.2) is 5.96 Å². The molecule has 0 aliphatic carbocycles. The van der Waals surface area contributed by atoms with E-state index in [0.717, 1.165) is 29.9 Å². The molecule has 3 rings (SSSR count). The van der Waals surface area contributed by atoms with Crippen LogP contribution in [0.15, 0.2) is 46.4 Å². The van der Waals surface area contributed by atoms with Gasteiger partial charge >= 0.3 is 0 Å². The van der Waals surface area contributed by atoms with Crippen LogP contribution in [0.3, 0.4) is 0 Å². The Labute approximate surface area is 156 Å². The molecule has 25 heavy (non-hydrogen) atoms. The van der Waals surface area contributed by atoms with E-state index in [9.17, 15) is 4.39 Å². The first kappa shape index (κ1) is 17.9. The zero-order valence-corrected chi connectivity index (χ0v) is 16.1. The van der Waals surface area contributed by atoms with Gasteiger partial charge in [-0.25, -0.2) is 9.37 Å². The predicted molar refractivity (Wildman–Crippen MR) is 101 cm³/mol. The zero-order valence-electron chi connectivity index (χ0n) is 14.5. The maximum absolute atomic E-state index is 13.9. The summed E-state index contributed by atoms with van der Waals surface area (Å²) < 4.78 is 17.0. The van der Waals surface area contributed by atoms with Crippen molar-refractivity contribution in [1.82, 2.24) is 19.8 Å². The number of halogens is 2. The second-order valence-corrected chi connectivity index (χ2v) is 7.34.